The second-order valence-electron chi connectivity index (χ2n) is 7.47. The normalized spacial score (nSPS) is 17.4. The summed E-state index contributed by atoms with van der Waals surface area (Å²) in [6, 6.07) is 11.0. The van der Waals surface area contributed by atoms with Crippen molar-refractivity contribution in [1.82, 2.24) is 4.90 Å². The molecule has 2 heterocycles. The van der Waals surface area contributed by atoms with Gasteiger partial charge in [-0.2, -0.15) is 0 Å². The van der Waals surface area contributed by atoms with Crippen LogP contribution in [0.1, 0.15) is 5.56 Å². The highest BCUT2D eigenvalue weighted by molar-refractivity contribution is 9.11. The van der Waals surface area contributed by atoms with Gasteiger partial charge in [-0.25, -0.2) is 0 Å². The molecule has 8 nitrogen and oxygen atoms in total. The summed E-state index contributed by atoms with van der Waals surface area (Å²) in [5, 5.41) is 2.25. The lowest BCUT2D eigenvalue weighted by atomic mass is 10.2. The zero-order chi connectivity index (χ0) is 24.2. The van der Waals surface area contributed by atoms with Crippen molar-refractivity contribution in [3.63, 3.8) is 0 Å². The van der Waals surface area contributed by atoms with E-state index in [0.717, 1.165) is 39.9 Å². The highest BCUT2D eigenvalue weighted by atomic mass is 79.9. The summed E-state index contributed by atoms with van der Waals surface area (Å²) in [5.41, 5.74) is 2.26. The quantitative estimate of drug-likeness (QED) is 0.473. The maximum absolute atomic E-state index is 12.9. The minimum Gasteiger partial charge on any atom is -0.495 e. The van der Waals surface area contributed by atoms with Crippen LogP contribution in [0.25, 0.3) is 6.08 Å². The Hall–Kier alpha value is -2.34. The van der Waals surface area contributed by atoms with E-state index < -0.39 is 17.1 Å². The standard InChI is InChI=1S/C23H21Br2N3O5S/c1-32-21-14(10-15(24)12-18(21)25)11-19-22(30)28(23(31)34-19)13-20(29)26-16-2-4-17(5-3-16)27-6-8-33-9-7-27/h2-5,10-12H,6-9,13H2,1H3,(H,26,29)/b19-11+. The third-order valence-corrected chi connectivity index (χ3v) is 7.18. The summed E-state index contributed by atoms with van der Waals surface area (Å²) in [4.78, 5) is 41.2. The Morgan fingerprint density at radius 2 is 1.88 bits per heavy atom. The Morgan fingerprint density at radius 3 is 2.56 bits per heavy atom. The molecule has 2 aromatic carbocycles. The van der Waals surface area contributed by atoms with E-state index in [1.807, 2.05) is 18.2 Å². The van der Waals surface area contributed by atoms with Crippen molar-refractivity contribution in [3.05, 3.63) is 55.8 Å². The summed E-state index contributed by atoms with van der Waals surface area (Å²) in [7, 11) is 1.52. The maximum atomic E-state index is 12.9. The smallest absolute Gasteiger partial charge is 0.294 e. The topological polar surface area (TPSA) is 88.2 Å². The summed E-state index contributed by atoms with van der Waals surface area (Å²) >= 11 is 7.62. The largest absolute Gasteiger partial charge is 0.495 e. The van der Waals surface area contributed by atoms with Gasteiger partial charge in [0.1, 0.15) is 12.3 Å². The van der Waals surface area contributed by atoms with Gasteiger partial charge in [0.2, 0.25) is 5.91 Å². The summed E-state index contributed by atoms with van der Waals surface area (Å²) in [5.74, 6) is -0.440. The van der Waals surface area contributed by atoms with Crippen molar-refractivity contribution in [1.29, 1.82) is 0 Å². The molecule has 0 saturated carbocycles. The molecule has 0 spiro atoms. The molecule has 0 aliphatic carbocycles. The summed E-state index contributed by atoms with van der Waals surface area (Å²) < 4.78 is 12.3. The number of anilines is 2. The average molecular weight is 611 g/mol. The number of nitrogens with one attached hydrogen (secondary N) is 1. The number of ether oxygens (including phenoxy) is 2. The SMILES string of the molecule is COc1c(Br)cc(Br)cc1/C=C1/SC(=O)N(CC(=O)Nc2ccc(N3CCOCC3)cc2)C1=O. The van der Waals surface area contributed by atoms with Gasteiger partial charge in [-0.3, -0.25) is 19.3 Å². The number of imide groups is 1. The summed E-state index contributed by atoms with van der Waals surface area (Å²) in [6.07, 6.45) is 1.58. The molecule has 11 heteroatoms. The Kier molecular flexibility index (Phi) is 7.97. The number of methoxy groups -OCH3 is 1. The van der Waals surface area contributed by atoms with E-state index in [4.69, 9.17) is 9.47 Å². The van der Waals surface area contributed by atoms with Crippen molar-refractivity contribution in [2.45, 2.75) is 0 Å². The highest BCUT2D eigenvalue weighted by Gasteiger charge is 2.36. The lowest BCUT2D eigenvalue weighted by molar-refractivity contribution is -0.127. The van der Waals surface area contributed by atoms with Crippen LogP contribution < -0.4 is 15.0 Å². The van der Waals surface area contributed by atoms with E-state index in [1.165, 1.54) is 7.11 Å². The predicted octanol–water partition coefficient (Wildman–Crippen LogP) is 4.73. The molecule has 0 atom stereocenters. The van der Waals surface area contributed by atoms with Gasteiger partial charge >= 0.3 is 0 Å². The lowest BCUT2D eigenvalue weighted by Crippen LogP contribution is -2.36. The average Bonchev–Trinajstić information content (AvgIpc) is 3.07. The summed E-state index contributed by atoms with van der Waals surface area (Å²) in [6.45, 7) is 2.65. The van der Waals surface area contributed by atoms with Crippen LogP contribution in [0.2, 0.25) is 0 Å². The minimum absolute atomic E-state index is 0.218. The predicted molar refractivity (Wildman–Crippen MR) is 139 cm³/mol. The maximum Gasteiger partial charge on any atom is 0.294 e. The Balaban J connectivity index is 1.41. The van der Waals surface area contributed by atoms with Crippen LogP contribution in [0, 0.1) is 0 Å². The van der Waals surface area contributed by atoms with E-state index in [0.29, 0.717) is 34.7 Å². The number of amides is 3. The van der Waals surface area contributed by atoms with E-state index in [1.54, 1.807) is 24.3 Å². The van der Waals surface area contributed by atoms with Crippen molar-refractivity contribution in [3.8, 4) is 5.75 Å². The molecule has 2 aromatic rings. The van der Waals surface area contributed by atoms with E-state index in [2.05, 4.69) is 42.1 Å². The van der Waals surface area contributed by atoms with Crippen LogP contribution in [0.5, 0.6) is 5.75 Å². The Morgan fingerprint density at radius 1 is 1.18 bits per heavy atom. The first-order valence-electron chi connectivity index (χ1n) is 10.4. The van der Waals surface area contributed by atoms with Crippen LogP contribution in [-0.4, -0.2) is 61.9 Å². The fourth-order valence-electron chi connectivity index (χ4n) is 3.60. The number of benzene rings is 2. The van der Waals surface area contributed by atoms with Crippen molar-refractivity contribution in [2.24, 2.45) is 0 Å². The second kappa shape index (κ2) is 10.9. The molecular weight excluding hydrogens is 590 g/mol. The van der Waals surface area contributed by atoms with Crippen LogP contribution in [-0.2, 0) is 14.3 Å². The molecule has 2 saturated heterocycles. The number of thioether (sulfide) groups is 1. The monoisotopic (exact) mass is 609 g/mol. The fraction of sp³-hybridized carbons (Fsp3) is 0.261. The molecule has 2 aliphatic heterocycles. The molecule has 2 aliphatic rings. The molecule has 0 unspecified atom stereocenters. The van der Waals surface area contributed by atoms with Gasteiger partial charge in [0.15, 0.2) is 0 Å². The van der Waals surface area contributed by atoms with Gasteiger partial charge < -0.3 is 19.7 Å². The van der Waals surface area contributed by atoms with Crippen molar-refractivity contribution >= 4 is 78.1 Å². The molecule has 0 bridgehead atoms. The molecule has 178 valence electrons. The zero-order valence-electron chi connectivity index (χ0n) is 18.2. The Labute approximate surface area is 217 Å². The third-order valence-electron chi connectivity index (χ3n) is 5.23. The number of rotatable bonds is 6. The van der Waals surface area contributed by atoms with Crippen LogP contribution >= 0.6 is 43.6 Å². The Bertz CT molecular complexity index is 1150. The number of hydrogen-bond donors (Lipinski definition) is 1. The number of carbonyl (C=O) groups is 3. The van der Waals surface area contributed by atoms with Crippen molar-refractivity contribution < 1.29 is 23.9 Å². The number of halogens is 2. The van der Waals surface area contributed by atoms with Gasteiger partial charge in [0.05, 0.1) is 29.7 Å². The molecular formula is C23H21Br2N3O5S. The number of nitrogens with zero attached hydrogens (tertiary/aromatic N) is 2. The molecule has 1 N–H and O–H groups in total. The fourth-order valence-corrected chi connectivity index (χ4v) is 5.85. The first-order chi connectivity index (χ1) is 16.4. The molecule has 2 fully saturated rings. The molecule has 0 radical (unpaired) electrons. The van der Waals surface area contributed by atoms with Crippen LogP contribution in [0.3, 0.4) is 0 Å². The van der Waals surface area contributed by atoms with Crippen LogP contribution in [0.15, 0.2) is 50.2 Å². The van der Waals surface area contributed by atoms with Crippen molar-refractivity contribution in [2.75, 3.05) is 50.2 Å². The first-order valence-corrected chi connectivity index (χ1v) is 12.8. The van der Waals surface area contributed by atoms with Gasteiger partial charge in [-0.05, 0) is 70.2 Å². The van der Waals surface area contributed by atoms with E-state index >= 15 is 0 Å². The van der Waals surface area contributed by atoms with E-state index in [-0.39, 0.29) is 11.4 Å². The van der Waals surface area contributed by atoms with Gasteiger partial charge in [0.25, 0.3) is 11.1 Å². The highest BCUT2D eigenvalue weighted by Crippen LogP contribution is 2.38. The minimum atomic E-state index is -0.522. The van der Waals surface area contributed by atoms with Gasteiger partial charge in [-0.15, -0.1) is 0 Å². The number of hydrogen-bond acceptors (Lipinski definition) is 7. The molecule has 0 aromatic heterocycles. The molecule has 3 amide bonds. The van der Waals surface area contributed by atoms with Crippen LogP contribution in [0.4, 0.5) is 16.2 Å². The lowest BCUT2D eigenvalue weighted by Gasteiger charge is -2.28. The zero-order valence-corrected chi connectivity index (χ0v) is 22.2. The first kappa shape index (κ1) is 24.8. The van der Waals surface area contributed by atoms with Gasteiger partial charge in [-0.1, -0.05) is 15.9 Å². The second-order valence-corrected chi connectivity index (χ2v) is 10.2. The molecule has 34 heavy (non-hydrogen) atoms. The number of morpholine rings is 1. The number of carbonyl (C=O) groups excluding carboxylic acids is 3. The molecule has 4 rings (SSSR count). The third kappa shape index (κ3) is 5.65. The van der Waals surface area contributed by atoms with E-state index in [9.17, 15) is 14.4 Å². The van der Waals surface area contributed by atoms with Gasteiger partial charge in [0, 0.05) is 34.5 Å².